The van der Waals surface area contributed by atoms with Crippen LogP contribution in [0.25, 0.3) is 0 Å². The van der Waals surface area contributed by atoms with Gasteiger partial charge in [-0.2, -0.15) is 0 Å². The lowest BCUT2D eigenvalue weighted by Crippen LogP contribution is -1.99. The van der Waals surface area contributed by atoms with E-state index in [1.807, 2.05) is 18.2 Å². The third-order valence-electron chi connectivity index (χ3n) is 2.60. The quantitative estimate of drug-likeness (QED) is 0.450. The first-order valence-corrected chi connectivity index (χ1v) is 7.07. The monoisotopic (exact) mass is 311 g/mol. The van der Waals surface area contributed by atoms with Crippen molar-refractivity contribution in [2.75, 3.05) is 5.75 Å². The van der Waals surface area contributed by atoms with E-state index in [0.717, 1.165) is 17.2 Å². The second-order valence-corrected chi connectivity index (χ2v) is 5.17. The Morgan fingerprint density at radius 1 is 1.15 bits per heavy atom. The molecule has 20 heavy (non-hydrogen) atoms. The smallest absolute Gasteiger partial charge is 0.162 e. The summed E-state index contributed by atoms with van der Waals surface area (Å²) in [6.07, 6.45) is 3.02. The fourth-order valence-corrected chi connectivity index (χ4v) is 2.43. The van der Waals surface area contributed by atoms with Gasteiger partial charge in [-0.3, -0.25) is 4.79 Å². The zero-order valence-electron chi connectivity index (χ0n) is 10.8. The number of halogens is 2. The fraction of sp³-hybridized carbons (Fsp3) is 0.200. The Hall–Kier alpha value is -1.39. The molecule has 1 aromatic heterocycles. The Kier molecular flexibility index (Phi) is 7.26. The van der Waals surface area contributed by atoms with Gasteiger partial charge in [0.05, 0.1) is 5.03 Å². The highest BCUT2D eigenvalue weighted by atomic mass is 35.5. The molecule has 0 amide bonds. The Bertz CT molecular complexity index is 533. The SMILES string of the molecule is Cl.O=C(CCCSc1ccccn1)c1ccc(F)cc1. The van der Waals surface area contributed by atoms with Crippen LogP contribution in [0.15, 0.2) is 53.7 Å². The summed E-state index contributed by atoms with van der Waals surface area (Å²) in [7, 11) is 0. The zero-order chi connectivity index (χ0) is 13.5. The predicted octanol–water partition coefficient (Wildman–Crippen LogP) is 4.40. The molecule has 0 N–H and O–H groups in total. The topological polar surface area (TPSA) is 30.0 Å². The van der Waals surface area contributed by atoms with Crippen LogP contribution in [-0.2, 0) is 0 Å². The van der Waals surface area contributed by atoms with E-state index in [0.29, 0.717) is 12.0 Å². The molecule has 1 heterocycles. The van der Waals surface area contributed by atoms with E-state index < -0.39 is 0 Å². The summed E-state index contributed by atoms with van der Waals surface area (Å²) in [4.78, 5) is 16.0. The van der Waals surface area contributed by atoms with Crippen LogP contribution in [-0.4, -0.2) is 16.5 Å². The fourth-order valence-electron chi connectivity index (χ4n) is 1.62. The Morgan fingerprint density at radius 2 is 1.90 bits per heavy atom. The van der Waals surface area contributed by atoms with Gasteiger partial charge in [0, 0.05) is 18.2 Å². The van der Waals surface area contributed by atoms with Crippen molar-refractivity contribution in [3.8, 4) is 0 Å². The summed E-state index contributed by atoms with van der Waals surface area (Å²) in [6, 6.07) is 11.5. The molecule has 0 aliphatic carbocycles. The largest absolute Gasteiger partial charge is 0.294 e. The highest BCUT2D eigenvalue weighted by Crippen LogP contribution is 2.16. The number of aromatic nitrogens is 1. The van der Waals surface area contributed by atoms with E-state index >= 15 is 0 Å². The molecule has 2 rings (SSSR count). The number of hydrogen-bond acceptors (Lipinski definition) is 3. The third kappa shape index (κ3) is 5.31. The van der Waals surface area contributed by atoms with Crippen molar-refractivity contribution in [3.05, 3.63) is 60.0 Å². The third-order valence-corrected chi connectivity index (χ3v) is 3.63. The molecule has 0 atom stereocenters. The van der Waals surface area contributed by atoms with Gasteiger partial charge in [-0.05, 0) is 48.6 Å². The minimum absolute atomic E-state index is 0. The van der Waals surface area contributed by atoms with Crippen molar-refractivity contribution in [3.63, 3.8) is 0 Å². The molecular formula is C15H15ClFNOS. The Morgan fingerprint density at radius 3 is 2.55 bits per heavy atom. The molecule has 0 radical (unpaired) electrons. The average Bonchev–Trinajstić information content (AvgIpc) is 2.45. The van der Waals surface area contributed by atoms with E-state index in [-0.39, 0.29) is 24.0 Å². The van der Waals surface area contributed by atoms with Gasteiger partial charge in [-0.1, -0.05) is 6.07 Å². The molecule has 106 valence electrons. The van der Waals surface area contributed by atoms with E-state index in [4.69, 9.17) is 0 Å². The van der Waals surface area contributed by atoms with Gasteiger partial charge in [0.25, 0.3) is 0 Å². The van der Waals surface area contributed by atoms with Crippen molar-refractivity contribution in [1.29, 1.82) is 0 Å². The first-order chi connectivity index (χ1) is 9.25. The number of rotatable bonds is 6. The minimum atomic E-state index is -0.317. The van der Waals surface area contributed by atoms with Crippen LogP contribution >= 0.6 is 24.2 Å². The van der Waals surface area contributed by atoms with Gasteiger partial charge < -0.3 is 0 Å². The van der Waals surface area contributed by atoms with Crippen LogP contribution in [0.1, 0.15) is 23.2 Å². The Balaban J connectivity index is 0.00000200. The normalized spacial score (nSPS) is 9.85. The zero-order valence-corrected chi connectivity index (χ0v) is 12.4. The molecule has 0 aliphatic rings. The number of carbonyl (C=O) groups excluding carboxylic acids is 1. The molecule has 0 aliphatic heterocycles. The first-order valence-electron chi connectivity index (χ1n) is 6.08. The number of pyridine rings is 1. The van der Waals surface area contributed by atoms with Crippen LogP contribution < -0.4 is 0 Å². The van der Waals surface area contributed by atoms with Crippen LogP contribution in [0, 0.1) is 5.82 Å². The number of carbonyl (C=O) groups is 1. The van der Waals surface area contributed by atoms with Crippen molar-refractivity contribution < 1.29 is 9.18 Å². The molecule has 2 nitrogen and oxygen atoms in total. The van der Waals surface area contributed by atoms with Crippen molar-refractivity contribution in [2.45, 2.75) is 17.9 Å². The highest BCUT2D eigenvalue weighted by molar-refractivity contribution is 7.99. The van der Waals surface area contributed by atoms with Crippen LogP contribution in [0.5, 0.6) is 0 Å². The number of ketones is 1. The molecular weight excluding hydrogens is 297 g/mol. The van der Waals surface area contributed by atoms with Crippen LogP contribution in [0.4, 0.5) is 4.39 Å². The van der Waals surface area contributed by atoms with Crippen molar-refractivity contribution in [1.82, 2.24) is 4.98 Å². The van der Waals surface area contributed by atoms with Crippen molar-refractivity contribution in [2.24, 2.45) is 0 Å². The van der Waals surface area contributed by atoms with Gasteiger partial charge in [0.2, 0.25) is 0 Å². The maximum absolute atomic E-state index is 12.7. The predicted molar refractivity (Wildman–Crippen MR) is 82.2 cm³/mol. The van der Waals surface area contributed by atoms with E-state index in [1.54, 1.807) is 18.0 Å². The average molecular weight is 312 g/mol. The molecule has 0 bridgehead atoms. The summed E-state index contributed by atoms with van der Waals surface area (Å²) in [5, 5.41) is 0.969. The molecule has 0 saturated carbocycles. The van der Waals surface area contributed by atoms with E-state index in [2.05, 4.69) is 4.98 Å². The van der Waals surface area contributed by atoms with Gasteiger partial charge in [0.15, 0.2) is 5.78 Å². The lowest BCUT2D eigenvalue weighted by atomic mass is 10.1. The van der Waals surface area contributed by atoms with E-state index in [9.17, 15) is 9.18 Å². The van der Waals surface area contributed by atoms with Gasteiger partial charge in [0.1, 0.15) is 5.82 Å². The molecule has 0 fully saturated rings. The molecule has 0 unspecified atom stereocenters. The number of thioether (sulfide) groups is 1. The summed E-state index contributed by atoms with van der Waals surface area (Å²) < 4.78 is 12.7. The second-order valence-electron chi connectivity index (χ2n) is 4.05. The number of hydrogen-bond donors (Lipinski definition) is 0. The molecule has 2 aromatic rings. The number of benzene rings is 1. The van der Waals surface area contributed by atoms with Crippen LogP contribution in [0.2, 0.25) is 0 Å². The molecule has 5 heteroatoms. The maximum Gasteiger partial charge on any atom is 0.162 e. The number of Topliss-reactive ketones (excluding diaryl/α,β-unsaturated/α-hetero) is 1. The van der Waals surface area contributed by atoms with Gasteiger partial charge >= 0.3 is 0 Å². The second kappa shape index (κ2) is 8.72. The summed E-state index contributed by atoms with van der Waals surface area (Å²) in [5.74, 6) is 0.591. The molecule has 0 saturated heterocycles. The summed E-state index contributed by atoms with van der Waals surface area (Å²) >= 11 is 1.64. The van der Waals surface area contributed by atoms with Crippen LogP contribution in [0.3, 0.4) is 0 Å². The highest BCUT2D eigenvalue weighted by Gasteiger charge is 2.05. The molecule has 0 spiro atoms. The van der Waals surface area contributed by atoms with Gasteiger partial charge in [-0.15, -0.1) is 24.2 Å². The lowest BCUT2D eigenvalue weighted by Gasteiger charge is -2.01. The maximum atomic E-state index is 12.7. The summed E-state index contributed by atoms with van der Waals surface area (Å²) in [6.45, 7) is 0. The molecule has 1 aromatic carbocycles. The minimum Gasteiger partial charge on any atom is -0.294 e. The summed E-state index contributed by atoms with van der Waals surface area (Å²) in [5.41, 5.74) is 0.573. The Labute approximate surface area is 128 Å². The van der Waals surface area contributed by atoms with E-state index in [1.165, 1.54) is 24.3 Å². The van der Waals surface area contributed by atoms with Gasteiger partial charge in [-0.25, -0.2) is 9.37 Å². The number of nitrogens with zero attached hydrogens (tertiary/aromatic N) is 1. The lowest BCUT2D eigenvalue weighted by molar-refractivity contribution is 0.0982. The van der Waals surface area contributed by atoms with Crippen molar-refractivity contribution >= 4 is 30.0 Å². The first kappa shape index (κ1) is 16.7. The standard InChI is InChI=1S/C15H14FNOS.ClH/c16-13-8-6-12(7-9-13)14(18)4-3-11-19-15-5-1-2-10-17-15;/h1-2,5-10H,3-4,11H2;1H.